The molecule has 7 heavy (non-hydrogen) atoms. The molecule has 1 unspecified atom stereocenters. The topological polar surface area (TPSA) is 29.5 Å². The van der Waals surface area contributed by atoms with Crippen molar-refractivity contribution in [3.8, 4) is 0 Å². The molecule has 0 saturated carbocycles. The van der Waals surface area contributed by atoms with Gasteiger partial charge in [-0.25, -0.2) is 4.79 Å². The third kappa shape index (κ3) is 3.05. The molecule has 0 aliphatic carbocycles. The van der Waals surface area contributed by atoms with Crippen LogP contribution in [0.15, 0.2) is 0 Å². The van der Waals surface area contributed by atoms with Crippen LogP contribution >= 0.6 is 32.4 Å². The second-order valence-corrected chi connectivity index (χ2v) is 2.17. The van der Waals surface area contributed by atoms with Crippen LogP contribution in [0.25, 0.3) is 0 Å². The lowest BCUT2D eigenvalue weighted by Gasteiger charge is -2.03. The number of halogens is 1. The molecule has 1 amide bonds. The molecular weight excluding hydrogens is 228 g/mol. The first-order chi connectivity index (χ1) is 3.18. The summed E-state index contributed by atoms with van der Waals surface area (Å²) in [6, 6.07) is 0. The monoisotopic (exact) mass is 233 g/mol. The van der Waals surface area contributed by atoms with Gasteiger partial charge >= 0.3 is 6.09 Å². The summed E-state index contributed by atoms with van der Waals surface area (Å²) in [5.74, 6) is 0. The highest BCUT2D eigenvalue weighted by molar-refractivity contribution is 14.1. The van der Waals surface area contributed by atoms with E-state index in [4.69, 9.17) is 0 Å². The lowest BCUT2D eigenvalue weighted by atomic mass is 11.1. The van der Waals surface area contributed by atoms with Crippen LogP contribution in [0.2, 0.25) is 0 Å². The summed E-state index contributed by atoms with van der Waals surface area (Å²) in [5.41, 5.74) is 0. The van der Waals surface area contributed by atoms with Crippen LogP contribution in [0.3, 0.4) is 0 Å². The maximum atomic E-state index is 10.2. The first-order valence-electron chi connectivity index (χ1n) is 1.49. The van der Waals surface area contributed by atoms with E-state index in [0.29, 0.717) is 0 Å². The van der Waals surface area contributed by atoms with Crippen LogP contribution in [-0.4, -0.2) is 17.8 Å². The maximum Gasteiger partial charge on any atom is 0.421 e. The smallest absolute Gasteiger partial charge is 0.378 e. The highest BCUT2D eigenvalue weighted by atomic mass is 127. The summed E-state index contributed by atoms with van der Waals surface area (Å²) in [6.45, 7) is 0. The van der Waals surface area contributed by atoms with E-state index in [1.807, 2.05) is 0 Å². The number of rotatable bonds is 0. The Bertz CT molecular complexity index is 76.1. The van der Waals surface area contributed by atoms with Crippen LogP contribution in [0, 0.1) is 0 Å². The number of carbonyl (C=O) groups is 1. The van der Waals surface area contributed by atoms with Crippen molar-refractivity contribution in [1.82, 2.24) is 4.67 Å². The van der Waals surface area contributed by atoms with Gasteiger partial charge in [0.2, 0.25) is 0 Å². The van der Waals surface area contributed by atoms with Crippen LogP contribution in [0.5, 0.6) is 0 Å². The van der Waals surface area contributed by atoms with Crippen LogP contribution in [0.1, 0.15) is 0 Å². The summed E-state index contributed by atoms with van der Waals surface area (Å²) < 4.78 is 5.52. The van der Waals surface area contributed by atoms with Gasteiger partial charge in [0.1, 0.15) is 0 Å². The van der Waals surface area contributed by atoms with Crippen molar-refractivity contribution in [1.29, 1.82) is 0 Å². The summed E-state index contributed by atoms with van der Waals surface area (Å²) in [6.07, 6.45) is -0.370. The average Bonchev–Trinajstić information content (AvgIpc) is 1.65. The zero-order valence-corrected chi connectivity index (χ0v) is 7.03. The van der Waals surface area contributed by atoms with Crippen molar-refractivity contribution in [2.24, 2.45) is 0 Å². The van der Waals surface area contributed by atoms with Crippen molar-refractivity contribution < 1.29 is 7.86 Å². The summed E-state index contributed by atoms with van der Waals surface area (Å²) in [7, 11) is 3.76. The molecule has 0 aromatic heterocycles. The van der Waals surface area contributed by atoms with Crippen molar-refractivity contribution in [3.63, 3.8) is 0 Å². The van der Waals surface area contributed by atoms with Gasteiger partial charge in [0.25, 0.3) is 0 Å². The number of hydrogen-bond donors (Lipinski definition) is 0. The van der Waals surface area contributed by atoms with E-state index in [0.717, 1.165) is 0 Å². The Hall–Kier alpha value is 0.430. The fourth-order valence-electron chi connectivity index (χ4n) is 0.0544. The molecule has 0 aliphatic rings. The standard InChI is InChI=1S/C2H5INO2P/c1-4(7)2(5)6-3/h7H2,1H3. The zero-order valence-electron chi connectivity index (χ0n) is 3.72. The zero-order chi connectivity index (χ0) is 5.86. The molecule has 0 saturated heterocycles. The Balaban J connectivity index is 3.35. The molecule has 0 bridgehead atoms. The lowest BCUT2D eigenvalue weighted by Crippen LogP contribution is -2.12. The van der Waals surface area contributed by atoms with Crippen molar-refractivity contribution in [2.45, 2.75) is 0 Å². The Morgan fingerprint density at radius 2 is 2.43 bits per heavy atom. The van der Waals surface area contributed by atoms with E-state index in [1.165, 1.54) is 27.7 Å². The molecule has 0 fully saturated rings. The van der Waals surface area contributed by atoms with E-state index in [2.05, 4.69) is 12.5 Å². The highest BCUT2D eigenvalue weighted by Crippen LogP contribution is 1.99. The fraction of sp³-hybridized carbons (Fsp3) is 0.500. The predicted octanol–water partition coefficient (Wildman–Crippen LogP) is 1.19. The number of hydrogen-bond acceptors (Lipinski definition) is 2. The summed E-state index contributed by atoms with van der Waals surface area (Å²) >= 11 is 1.52. The second-order valence-electron chi connectivity index (χ2n) is 0.954. The first kappa shape index (κ1) is 7.43. The van der Waals surface area contributed by atoms with Crippen molar-refractivity contribution in [3.05, 3.63) is 0 Å². The third-order valence-electron chi connectivity index (χ3n) is 0.354. The van der Waals surface area contributed by atoms with Gasteiger partial charge in [-0.2, -0.15) is 0 Å². The minimum absolute atomic E-state index is 0.370. The van der Waals surface area contributed by atoms with Gasteiger partial charge in [-0.15, -0.1) is 0 Å². The highest BCUT2D eigenvalue weighted by Gasteiger charge is 1.99. The quantitative estimate of drug-likeness (QED) is 0.464. The molecule has 5 heteroatoms. The molecule has 0 aromatic carbocycles. The van der Waals surface area contributed by atoms with Crippen LogP contribution in [0.4, 0.5) is 4.79 Å². The number of amides is 1. The molecule has 0 heterocycles. The average molecular weight is 233 g/mol. The molecule has 3 nitrogen and oxygen atoms in total. The predicted molar refractivity (Wildman–Crippen MR) is 38.0 cm³/mol. The van der Waals surface area contributed by atoms with E-state index in [-0.39, 0.29) is 6.09 Å². The Kier molecular flexibility index (Phi) is 3.65. The Labute approximate surface area is 58.3 Å². The van der Waals surface area contributed by atoms with Gasteiger partial charge in [-0.3, -0.25) is 4.67 Å². The molecule has 0 aliphatic heterocycles. The van der Waals surface area contributed by atoms with Gasteiger partial charge in [0, 0.05) is 7.05 Å². The summed E-state index contributed by atoms with van der Waals surface area (Å²) in [4.78, 5) is 10.2. The maximum absolute atomic E-state index is 10.2. The van der Waals surface area contributed by atoms with E-state index >= 15 is 0 Å². The van der Waals surface area contributed by atoms with Gasteiger partial charge in [-0.05, 0) is 9.39 Å². The van der Waals surface area contributed by atoms with Gasteiger partial charge in [-0.1, -0.05) is 0 Å². The van der Waals surface area contributed by atoms with Gasteiger partial charge < -0.3 is 3.07 Å². The Morgan fingerprint density at radius 3 is 2.43 bits per heavy atom. The molecule has 42 valence electrons. The number of carbonyl (C=O) groups excluding carboxylic acids is 1. The van der Waals surface area contributed by atoms with Crippen LogP contribution < -0.4 is 0 Å². The van der Waals surface area contributed by atoms with Gasteiger partial charge in [0.05, 0.1) is 0 Å². The Morgan fingerprint density at radius 1 is 2.00 bits per heavy atom. The minimum atomic E-state index is -0.370. The molecule has 0 N–H and O–H groups in total. The number of nitrogens with zero attached hydrogens (tertiary/aromatic N) is 1. The molecule has 0 rings (SSSR count). The van der Waals surface area contributed by atoms with Crippen molar-refractivity contribution in [2.75, 3.05) is 7.05 Å². The van der Waals surface area contributed by atoms with E-state index in [9.17, 15) is 4.79 Å². The molecule has 0 radical (unpaired) electrons. The van der Waals surface area contributed by atoms with E-state index < -0.39 is 0 Å². The van der Waals surface area contributed by atoms with Crippen molar-refractivity contribution >= 4 is 38.5 Å². The minimum Gasteiger partial charge on any atom is -0.378 e. The second kappa shape index (κ2) is 3.43. The SMILES string of the molecule is CN(P)C(=O)OI. The van der Waals surface area contributed by atoms with Gasteiger partial charge in [0.15, 0.2) is 23.0 Å². The van der Waals surface area contributed by atoms with Crippen LogP contribution in [-0.2, 0) is 3.07 Å². The summed E-state index contributed by atoms with van der Waals surface area (Å²) in [5, 5.41) is 0. The van der Waals surface area contributed by atoms with E-state index in [1.54, 1.807) is 7.05 Å². The lowest BCUT2D eigenvalue weighted by molar-refractivity contribution is 0.202. The normalized spacial score (nSPS) is 7.86. The molecule has 0 aromatic rings. The molecule has 1 atom stereocenters. The first-order valence-corrected chi connectivity index (χ1v) is 2.89. The third-order valence-corrected chi connectivity index (χ3v) is 0.942. The molecular formula is C2H5INO2P. The fourth-order valence-corrected chi connectivity index (χ4v) is 0.632. The largest absolute Gasteiger partial charge is 0.421 e. The molecule has 0 spiro atoms.